The highest BCUT2D eigenvalue weighted by atomic mass is 79.9. The fraction of sp³-hybridized carbons (Fsp3) is 0.0625. The Balaban J connectivity index is 1.74. The number of nitrogens with one attached hydrogen (secondary N) is 1. The maximum absolute atomic E-state index is 12.4. The second kappa shape index (κ2) is 7.21. The van der Waals surface area contributed by atoms with Crippen molar-refractivity contribution in [3.63, 3.8) is 0 Å². The summed E-state index contributed by atoms with van der Waals surface area (Å²) in [6.07, 6.45) is 0. The number of carbonyl (C=O) groups excluding carboxylic acids is 1. The Labute approximate surface area is 150 Å². The average molecular weight is 409 g/mol. The molecule has 0 radical (unpaired) electrons. The molecule has 7 heteroatoms. The minimum absolute atomic E-state index is 0.187. The summed E-state index contributed by atoms with van der Waals surface area (Å²) in [6.45, 7) is 0.424. The van der Waals surface area contributed by atoms with E-state index in [0.29, 0.717) is 22.1 Å². The lowest BCUT2D eigenvalue weighted by Crippen LogP contribution is -2.22. The molecule has 3 rings (SSSR count). The standard InChI is InChI=1S/C16H11BrClN3OS/c17-12-5-3-11(4-6-12)14-15(23-21-20-14)16(22)19-9-10-1-7-13(18)8-2-10/h1-8H,9H2,(H,19,22). The van der Waals surface area contributed by atoms with E-state index in [4.69, 9.17) is 11.6 Å². The van der Waals surface area contributed by atoms with Gasteiger partial charge in [-0.1, -0.05) is 56.3 Å². The van der Waals surface area contributed by atoms with Crippen LogP contribution >= 0.6 is 39.1 Å². The van der Waals surface area contributed by atoms with E-state index in [-0.39, 0.29) is 5.91 Å². The van der Waals surface area contributed by atoms with Gasteiger partial charge >= 0.3 is 0 Å². The molecule has 0 saturated heterocycles. The minimum atomic E-state index is -0.187. The normalized spacial score (nSPS) is 10.5. The van der Waals surface area contributed by atoms with Gasteiger partial charge in [0.2, 0.25) is 0 Å². The largest absolute Gasteiger partial charge is 0.347 e. The van der Waals surface area contributed by atoms with Crippen molar-refractivity contribution >= 4 is 45.0 Å². The van der Waals surface area contributed by atoms with Crippen molar-refractivity contribution in [2.24, 2.45) is 0 Å². The van der Waals surface area contributed by atoms with Crippen LogP contribution in [0.15, 0.2) is 53.0 Å². The Kier molecular flexibility index (Phi) is 5.05. The van der Waals surface area contributed by atoms with Crippen LogP contribution in [-0.2, 0) is 6.54 Å². The smallest absolute Gasteiger partial charge is 0.265 e. The van der Waals surface area contributed by atoms with E-state index in [1.807, 2.05) is 36.4 Å². The van der Waals surface area contributed by atoms with E-state index in [1.165, 1.54) is 0 Å². The summed E-state index contributed by atoms with van der Waals surface area (Å²) in [5.41, 5.74) is 2.43. The molecule has 0 saturated carbocycles. The molecule has 23 heavy (non-hydrogen) atoms. The number of benzene rings is 2. The number of carbonyl (C=O) groups is 1. The number of nitrogens with zero attached hydrogens (tertiary/aromatic N) is 2. The van der Waals surface area contributed by atoms with Crippen molar-refractivity contribution in [2.45, 2.75) is 6.54 Å². The predicted molar refractivity (Wildman–Crippen MR) is 95.7 cm³/mol. The van der Waals surface area contributed by atoms with Gasteiger partial charge in [0.1, 0.15) is 10.6 Å². The van der Waals surface area contributed by atoms with Crippen molar-refractivity contribution in [3.8, 4) is 11.3 Å². The van der Waals surface area contributed by atoms with E-state index in [0.717, 1.165) is 27.1 Å². The Morgan fingerprint density at radius 1 is 1.13 bits per heavy atom. The molecule has 0 atom stereocenters. The van der Waals surface area contributed by atoms with Crippen LogP contribution < -0.4 is 5.32 Å². The topological polar surface area (TPSA) is 54.9 Å². The highest BCUT2D eigenvalue weighted by molar-refractivity contribution is 9.10. The maximum Gasteiger partial charge on any atom is 0.265 e. The predicted octanol–water partition coefficient (Wildman–Crippen LogP) is 4.55. The summed E-state index contributed by atoms with van der Waals surface area (Å²) in [5, 5.41) is 7.63. The number of hydrogen-bond acceptors (Lipinski definition) is 4. The fourth-order valence-corrected chi connectivity index (χ4v) is 3.00. The molecule has 0 unspecified atom stereocenters. The molecule has 3 aromatic rings. The second-order valence-corrected chi connectivity index (χ2v) is 6.87. The van der Waals surface area contributed by atoms with E-state index < -0.39 is 0 Å². The van der Waals surface area contributed by atoms with Gasteiger partial charge in [-0.05, 0) is 41.4 Å². The van der Waals surface area contributed by atoms with Gasteiger partial charge in [0.15, 0.2) is 0 Å². The van der Waals surface area contributed by atoms with Gasteiger partial charge in [-0.2, -0.15) is 0 Å². The lowest BCUT2D eigenvalue weighted by atomic mass is 10.1. The first kappa shape index (κ1) is 16.1. The zero-order valence-electron chi connectivity index (χ0n) is 11.8. The third-order valence-corrected chi connectivity index (χ3v) is 4.68. The SMILES string of the molecule is O=C(NCc1ccc(Cl)cc1)c1snnc1-c1ccc(Br)cc1. The molecule has 2 aromatic carbocycles. The molecule has 0 bridgehead atoms. The molecule has 0 aliphatic heterocycles. The van der Waals surface area contributed by atoms with Crippen LogP contribution in [0.2, 0.25) is 5.02 Å². The summed E-state index contributed by atoms with van der Waals surface area (Å²) in [7, 11) is 0. The first-order chi connectivity index (χ1) is 11.1. The number of rotatable bonds is 4. The molecular formula is C16H11BrClN3OS. The fourth-order valence-electron chi connectivity index (χ4n) is 2.00. The minimum Gasteiger partial charge on any atom is -0.347 e. The van der Waals surface area contributed by atoms with Crippen LogP contribution in [0.4, 0.5) is 0 Å². The molecule has 116 valence electrons. The molecule has 0 spiro atoms. The lowest BCUT2D eigenvalue weighted by Gasteiger charge is -2.05. The highest BCUT2D eigenvalue weighted by Gasteiger charge is 2.17. The average Bonchev–Trinajstić information content (AvgIpc) is 3.04. The maximum atomic E-state index is 12.4. The summed E-state index contributed by atoms with van der Waals surface area (Å²) in [4.78, 5) is 12.9. The Hall–Kier alpha value is -1.76. The highest BCUT2D eigenvalue weighted by Crippen LogP contribution is 2.25. The molecule has 0 aliphatic rings. The number of aromatic nitrogens is 2. The number of amides is 1. The Bertz CT molecular complexity index is 818. The lowest BCUT2D eigenvalue weighted by molar-refractivity contribution is 0.0955. The van der Waals surface area contributed by atoms with Crippen LogP contribution in [0.5, 0.6) is 0 Å². The summed E-state index contributed by atoms with van der Waals surface area (Å²) < 4.78 is 4.88. The molecule has 4 nitrogen and oxygen atoms in total. The molecule has 1 aromatic heterocycles. The summed E-state index contributed by atoms with van der Waals surface area (Å²) >= 11 is 10.3. The van der Waals surface area contributed by atoms with Crippen LogP contribution in [0, 0.1) is 0 Å². The third-order valence-electron chi connectivity index (χ3n) is 3.18. The van der Waals surface area contributed by atoms with Crippen molar-refractivity contribution < 1.29 is 4.79 Å². The Morgan fingerprint density at radius 2 is 1.83 bits per heavy atom. The second-order valence-electron chi connectivity index (χ2n) is 4.77. The quantitative estimate of drug-likeness (QED) is 0.689. The molecule has 1 N–H and O–H groups in total. The van der Waals surface area contributed by atoms with Gasteiger partial charge in [-0.3, -0.25) is 4.79 Å². The first-order valence-electron chi connectivity index (χ1n) is 6.74. The van der Waals surface area contributed by atoms with E-state index >= 15 is 0 Å². The molecule has 0 fully saturated rings. The van der Waals surface area contributed by atoms with Crippen molar-refractivity contribution in [3.05, 3.63) is 68.5 Å². The van der Waals surface area contributed by atoms with E-state index in [1.54, 1.807) is 12.1 Å². The van der Waals surface area contributed by atoms with E-state index in [2.05, 4.69) is 30.8 Å². The van der Waals surface area contributed by atoms with Gasteiger partial charge in [0, 0.05) is 21.6 Å². The zero-order valence-corrected chi connectivity index (χ0v) is 15.0. The van der Waals surface area contributed by atoms with Crippen LogP contribution in [0.25, 0.3) is 11.3 Å². The summed E-state index contributed by atoms with van der Waals surface area (Å²) in [6, 6.07) is 15.0. The number of halogens is 2. The first-order valence-corrected chi connectivity index (χ1v) is 8.69. The zero-order chi connectivity index (χ0) is 16.2. The van der Waals surface area contributed by atoms with Crippen molar-refractivity contribution in [2.75, 3.05) is 0 Å². The van der Waals surface area contributed by atoms with Gasteiger partial charge in [0.25, 0.3) is 5.91 Å². The van der Waals surface area contributed by atoms with Gasteiger partial charge in [0.05, 0.1) is 0 Å². The number of hydrogen-bond donors (Lipinski definition) is 1. The molecule has 1 amide bonds. The Morgan fingerprint density at radius 3 is 2.52 bits per heavy atom. The molecule has 1 heterocycles. The van der Waals surface area contributed by atoms with Crippen molar-refractivity contribution in [1.29, 1.82) is 0 Å². The van der Waals surface area contributed by atoms with Crippen LogP contribution in [0.1, 0.15) is 15.2 Å². The summed E-state index contributed by atoms with van der Waals surface area (Å²) in [5.74, 6) is -0.187. The van der Waals surface area contributed by atoms with Crippen LogP contribution in [0.3, 0.4) is 0 Å². The monoisotopic (exact) mass is 407 g/mol. The van der Waals surface area contributed by atoms with E-state index in [9.17, 15) is 4.79 Å². The van der Waals surface area contributed by atoms with Gasteiger partial charge in [-0.15, -0.1) is 5.10 Å². The van der Waals surface area contributed by atoms with Crippen molar-refractivity contribution in [1.82, 2.24) is 14.9 Å². The van der Waals surface area contributed by atoms with Crippen LogP contribution in [-0.4, -0.2) is 15.5 Å². The van der Waals surface area contributed by atoms with Gasteiger partial charge < -0.3 is 5.32 Å². The van der Waals surface area contributed by atoms with Gasteiger partial charge in [-0.25, -0.2) is 0 Å². The third kappa shape index (κ3) is 3.96. The molecular weight excluding hydrogens is 398 g/mol. The molecule has 0 aliphatic carbocycles.